The lowest BCUT2D eigenvalue weighted by Crippen LogP contribution is -2.13. The average Bonchev–Trinajstić information content (AvgIpc) is 3.56. The molecule has 5 aromatic heterocycles. The molecule has 1 amide bonds. The molecule has 0 aliphatic rings. The van der Waals surface area contributed by atoms with Crippen molar-refractivity contribution in [3.8, 4) is 39.7 Å². The van der Waals surface area contributed by atoms with E-state index in [9.17, 15) is 9.18 Å². The van der Waals surface area contributed by atoms with Crippen molar-refractivity contribution in [3.05, 3.63) is 67.1 Å². The normalized spacial score (nSPS) is 11.4. The van der Waals surface area contributed by atoms with Crippen LogP contribution >= 0.6 is 0 Å². The number of rotatable bonds is 7. The van der Waals surface area contributed by atoms with Crippen molar-refractivity contribution >= 4 is 33.5 Å². The van der Waals surface area contributed by atoms with Gasteiger partial charge in [0.1, 0.15) is 17.3 Å². The van der Waals surface area contributed by atoms with Crippen molar-refractivity contribution in [2.45, 2.75) is 20.3 Å². The van der Waals surface area contributed by atoms with Gasteiger partial charge in [0, 0.05) is 41.4 Å². The van der Waals surface area contributed by atoms with Crippen LogP contribution in [0, 0.1) is 11.7 Å². The Hall–Kier alpha value is -5.19. The first-order chi connectivity index (χ1) is 19.4. The van der Waals surface area contributed by atoms with E-state index in [2.05, 4.69) is 35.5 Å². The molecule has 0 bridgehead atoms. The summed E-state index contributed by atoms with van der Waals surface area (Å²) in [6, 6.07) is 8.21. The first kappa shape index (κ1) is 25.1. The summed E-state index contributed by atoms with van der Waals surface area (Å²) in [4.78, 5) is 33.5. The average molecular weight is 537 g/mol. The zero-order valence-corrected chi connectivity index (χ0v) is 22.0. The second-order valence-electron chi connectivity index (χ2n) is 9.84. The third-order valence-electron chi connectivity index (χ3n) is 6.40. The number of pyridine rings is 3. The van der Waals surface area contributed by atoms with Gasteiger partial charge >= 0.3 is 0 Å². The SMILES string of the molecule is COc1cc(F)cc(-c2cncc3[nH]c(-c4n[nH]c5cnc(-c6cncc(NC(=O)CC(C)C)c6)cc45)nc23)c1. The quantitative estimate of drug-likeness (QED) is 0.236. The zero-order chi connectivity index (χ0) is 27.8. The number of anilines is 1. The summed E-state index contributed by atoms with van der Waals surface area (Å²) < 4.78 is 19.5. The topological polar surface area (TPSA) is 134 Å². The minimum absolute atomic E-state index is 0.0649. The number of amides is 1. The number of carbonyl (C=O) groups is 1. The van der Waals surface area contributed by atoms with Crippen LogP contribution in [0.15, 0.2) is 61.3 Å². The molecule has 0 radical (unpaired) electrons. The molecule has 1 aromatic carbocycles. The molecule has 0 aliphatic heterocycles. The number of hydrogen-bond donors (Lipinski definition) is 3. The third kappa shape index (κ3) is 4.84. The van der Waals surface area contributed by atoms with Gasteiger partial charge in [0.05, 0.1) is 53.6 Å². The van der Waals surface area contributed by atoms with Gasteiger partial charge in [-0.15, -0.1) is 0 Å². The van der Waals surface area contributed by atoms with Crippen LogP contribution in [0.25, 0.3) is 55.8 Å². The van der Waals surface area contributed by atoms with Crippen molar-refractivity contribution in [1.82, 2.24) is 35.1 Å². The first-order valence-corrected chi connectivity index (χ1v) is 12.7. The van der Waals surface area contributed by atoms with Crippen LogP contribution < -0.4 is 10.1 Å². The van der Waals surface area contributed by atoms with E-state index in [1.165, 1.54) is 19.2 Å². The first-order valence-electron chi connectivity index (χ1n) is 12.7. The van der Waals surface area contributed by atoms with E-state index >= 15 is 0 Å². The Morgan fingerprint density at radius 2 is 1.85 bits per heavy atom. The van der Waals surface area contributed by atoms with E-state index in [0.717, 1.165) is 16.5 Å². The Morgan fingerprint density at radius 1 is 1.00 bits per heavy atom. The highest BCUT2D eigenvalue weighted by Gasteiger charge is 2.17. The van der Waals surface area contributed by atoms with E-state index in [4.69, 9.17) is 9.72 Å². The summed E-state index contributed by atoms with van der Waals surface area (Å²) in [5, 5.41) is 11.2. The minimum atomic E-state index is -0.418. The van der Waals surface area contributed by atoms with E-state index in [1.54, 1.807) is 37.1 Å². The van der Waals surface area contributed by atoms with Gasteiger partial charge in [0.15, 0.2) is 5.82 Å². The molecule has 3 N–H and O–H groups in total. The predicted octanol–water partition coefficient (Wildman–Crippen LogP) is 5.76. The van der Waals surface area contributed by atoms with Crippen molar-refractivity contribution in [3.63, 3.8) is 0 Å². The molecule has 10 nitrogen and oxygen atoms in total. The van der Waals surface area contributed by atoms with Crippen LogP contribution in [-0.4, -0.2) is 48.1 Å². The number of imidazole rings is 1. The molecule has 0 aliphatic carbocycles. The Morgan fingerprint density at radius 3 is 2.67 bits per heavy atom. The summed E-state index contributed by atoms with van der Waals surface area (Å²) in [5.41, 5.74) is 5.87. The molecule has 0 saturated carbocycles. The molecule has 6 aromatic rings. The van der Waals surface area contributed by atoms with Gasteiger partial charge in [0.2, 0.25) is 5.91 Å². The predicted molar refractivity (Wildman–Crippen MR) is 150 cm³/mol. The molecule has 11 heteroatoms. The highest BCUT2D eigenvalue weighted by atomic mass is 19.1. The minimum Gasteiger partial charge on any atom is -0.497 e. The number of benzene rings is 1. The van der Waals surface area contributed by atoms with Gasteiger partial charge in [-0.1, -0.05) is 13.8 Å². The molecule has 40 heavy (non-hydrogen) atoms. The second-order valence-corrected chi connectivity index (χ2v) is 9.84. The fraction of sp³-hybridized carbons (Fsp3) is 0.172. The van der Waals surface area contributed by atoms with Crippen LogP contribution in [0.2, 0.25) is 0 Å². The number of H-pyrrole nitrogens is 2. The van der Waals surface area contributed by atoms with Gasteiger partial charge < -0.3 is 15.0 Å². The molecule has 0 saturated heterocycles. The van der Waals surface area contributed by atoms with Crippen molar-refractivity contribution < 1.29 is 13.9 Å². The Kier molecular flexibility index (Phi) is 6.39. The fourth-order valence-corrected chi connectivity index (χ4v) is 4.58. The standard InChI is InChI=1S/C29H25FN8O2/c1-15(2)4-26(39)34-19-6-17(10-31-11-19)23-9-21-24(14-33-23)37-38-28(21)29-35-25-13-32-12-22(27(25)36-29)16-5-18(30)8-20(7-16)40-3/h5-15H,4H2,1-3H3,(H,34,39)(H,35,36)(H,37,38). The smallest absolute Gasteiger partial charge is 0.224 e. The number of hydrogen-bond acceptors (Lipinski definition) is 7. The number of aromatic amines is 2. The third-order valence-corrected chi connectivity index (χ3v) is 6.40. The van der Waals surface area contributed by atoms with E-state index in [0.29, 0.717) is 57.2 Å². The van der Waals surface area contributed by atoms with E-state index in [-0.39, 0.29) is 11.8 Å². The largest absolute Gasteiger partial charge is 0.497 e. The molecule has 0 fully saturated rings. The summed E-state index contributed by atoms with van der Waals surface area (Å²) in [5.74, 6) is 0.688. The highest BCUT2D eigenvalue weighted by molar-refractivity contribution is 5.97. The lowest BCUT2D eigenvalue weighted by atomic mass is 10.1. The van der Waals surface area contributed by atoms with Crippen LogP contribution in [0.3, 0.4) is 0 Å². The summed E-state index contributed by atoms with van der Waals surface area (Å²) in [6.07, 6.45) is 8.73. The summed E-state index contributed by atoms with van der Waals surface area (Å²) >= 11 is 0. The van der Waals surface area contributed by atoms with Gasteiger partial charge in [-0.25, -0.2) is 9.37 Å². The van der Waals surface area contributed by atoms with Crippen molar-refractivity contribution in [2.75, 3.05) is 12.4 Å². The monoisotopic (exact) mass is 536 g/mol. The Balaban J connectivity index is 1.38. The van der Waals surface area contributed by atoms with Crippen LogP contribution in [0.1, 0.15) is 20.3 Å². The Bertz CT molecular complexity index is 1880. The number of carbonyl (C=O) groups excluding carboxylic acids is 1. The fourth-order valence-electron chi connectivity index (χ4n) is 4.58. The van der Waals surface area contributed by atoms with Gasteiger partial charge in [-0.05, 0) is 35.7 Å². The molecule has 200 valence electrons. The molecular formula is C29H25FN8O2. The maximum Gasteiger partial charge on any atom is 0.224 e. The van der Waals surface area contributed by atoms with Crippen LogP contribution in [0.4, 0.5) is 10.1 Å². The highest BCUT2D eigenvalue weighted by Crippen LogP contribution is 2.33. The number of ether oxygens (including phenoxy) is 1. The van der Waals surface area contributed by atoms with E-state index < -0.39 is 5.82 Å². The van der Waals surface area contributed by atoms with Gasteiger partial charge in [-0.3, -0.25) is 24.8 Å². The number of nitrogens with zero attached hydrogens (tertiary/aromatic N) is 5. The number of halogens is 1. The van der Waals surface area contributed by atoms with Crippen LogP contribution in [0.5, 0.6) is 5.75 Å². The molecule has 0 unspecified atom stereocenters. The summed E-state index contributed by atoms with van der Waals surface area (Å²) in [7, 11) is 1.49. The lowest BCUT2D eigenvalue weighted by Gasteiger charge is -2.08. The van der Waals surface area contributed by atoms with Gasteiger partial charge in [0.25, 0.3) is 0 Å². The van der Waals surface area contributed by atoms with Crippen molar-refractivity contribution in [2.24, 2.45) is 5.92 Å². The summed E-state index contributed by atoms with van der Waals surface area (Å²) in [6.45, 7) is 3.99. The maximum atomic E-state index is 14.2. The number of fused-ring (bicyclic) bond motifs is 2. The lowest BCUT2D eigenvalue weighted by molar-refractivity contribution is -0.116. The molecule has 0 spiro atoms. The molecule has 0 atom stereocenters. The number of aromatic nitrogens is 7. The zero-order valence-electron chi connectivity index (χ0n) is 22.0. The second kappa shape index (κ2) is 10.2. The Labute approximate surface area is 228 Å². The van der Waals surface area contributed by atoms with Gasteiger partial charge in [-0.2, -0.15) is 5.10 Å². The molecule has 6 rings (SSSR count). The number of methoxy groups -OCH3 is 1. The molecule has 5 heterocycles. The van der Waals surface area contributed by atoms with Crippen LogP contribution in [-0.2, 0) is 4.79 Å². The van der Waals surface area contributed by atoms with Crippen molar-refractivity contribution in [1.29, 1.82) is 0 Å². The number of nitrogens with one attached hydrogen (secondary N) is 3. The molecular weight excluding hydrogens is 511 g/mol. The van der Waals surface area contributed by atoms with E-state index in [1.807, 2.05) is 26.0 Å². The maximum absolute atomic E-state index is 14.2.